The average Bonchev–Trinajstić information content (AvgIpc) is 0.893. The van der Waals surface area contributed by atoms with Gasteiger partial charge in [0, 0.05) is 0 Å². The first-order valence-electron chi connectivity index (χ1n) is 29.1. The Morgan fingerprint density at radius 2 is 0.398 bits per heavy atom. The number of benzene rings is 9. The Balaban J connectivity index is 1.68. The Morgan fingerprint density at radius 1 is 0.265 bits per heavy atom. The molecule has 9 rings (SSSR count). The average molecular weight is 1190 g/mol. The summed E-state index contributed by atoms with van der Waals surface area (Å²) in [4.78, 5) is 0. The van der Waals surface area contributed by atoms with E-state index in [1.807, 2.05) is 109 Å². The number of phosphoric acid groups is 1. The zero-order chi connectivity index (χ0) is 59.2. The molecule has 0 spiro atoms. The van der Waals surface area contributed by atoms with Crippen LogP contribution in [0.15, 0.2) is 218 Å². The molecule has 7 nitrogen and oxygen atoms in total. The van der Waals surface area contributed by atoms with Crippen LogP contribution in [0.4, 0.5) is 0 Å². The van der Waals surface area contributed by atoms with E-state index in [4.69, 9.17) is 12.9 Å². The van der Waals surface area contributed by atoms with Gasteiger partial charge in [0.2, 0.25) is 0 Å². The molecule has 0 heterocycles. The molecule has 0 aliphatic carbocycles. The van der Waals surface area contributed by atoms with E-state index in [1.54, 1.807) is 0 Å². The summed E-state index contributed by atoms with van der Waals surface area (Å²) in [6.07, 6.45) is 1.36. The van der Waals surface area contributed by atoms with Gasteiger partial charge in [0.05, 0.1) is 0 Å². The van der Waals surface area contributed by atoms with Gasteiger partial charge in [-0.05, 0) is 0 Å². The maximum atomic E-state index is 20.4. The standard InChI is InChI=1S/C72H84O7P4/c1-55-31-10-19-40-64(55)81(52-28-49-73,65-41-20-11-32-56(65)2,66-42-21-12-33-57(66)3)77-80(76,78-82(53-29-50-74,67-43-22-13-34-58(67)4,68-44-23-14-35-59(68)5)69-45-24-15-36-60(69)6)79-83(54-30-51-75,70-46-25-16-37-61(70)7,71-47-26-17-38-62(71)8)72-48-27-18-39-63(72)9/h10-27,31-48,73-75H,28-30,49-54H2,1-9H3. The molecule has 0 aliphatic rings. The number of aliphatic hydroxyl groups is 3. The summed E-state index contributed by atoms with van der Waals surface area (Å²) in [5.41, 5.74) is 8.17. The van der Waals surface area contributed by atoms with Gasteiger partial charge < -0.3 is 0 Å². The third kappa shape index (κ3) is 10.1. The molecular weight excluding hydrogens is 1100 g/mol. The first-order chi connectivity index (χ1) is 39.9. The maximum absolute atomic E-state index is 20.4. The third-order valence-corrected chi connectivity index (χ3v) is 41.6. The van der Waals surface area contributed by atoms with Crippen molar-refractivity contribution in [3.05, 3.63) is 268 Å². The van der Waals surface area contributed by atoms with Crippen LogP contribution < -0.4 is 47.7 Å². The Hall–Kier alpha value is -5.74. The third-order valence-electron chi connectivity index (χ3n) is 17.7. The summed E-state index contributed by atoms with van der Waals surface area (Å²) in [6.45, 7) is 3.07. The molecular formula is C72H84O7P4. The molecule has 0 aliphatic heterocycles. The van der Waals surface area contributed by atoms with Gasteiger partial charge >= 0.3 is 497 Å². The fraction of sp³-hybridized carbons (Fsp3) is 0.250. The minimum atomic E-state index is -5.64. The summed E-state index contributed by atoms with van der Waals surface area (Å²) >= 11 is 0. The molecule has 11 heteroatoms. The molecule has 0 atom stereocenters. The number of hydrogen-bond acceptors (Lipinski definition) is 7. The van der Waals surface area contributed by atoms with Crippen LogP contribution >= 0.6 is 28.3 Å². The van der Waals surface area contributed by atoms with Crippen LogP contribution in [0.5, 0.6) is 0 Å². The summed E-state index contributed by atoms with van der Waals surface area (Å²) in [5.74, 6) is 0. The van der Waals surface area contributed by atoms with Crippen LogP contribution in [0.3, 0.4) is 0 Å². The number of rotatable bonds is 24. The van der Waals surface area contributed by atoms with E-state index in [1.165, 1.54) is 0 Å². The monoisotopic (exact) mass is 1180 g/mol. The molecule has 3 N–H and O–H groups in total. The molecule has 434 valence electrons. The second-order valence-corrected chi connectivity index (χ2v) is 38.6. The Bertz CT molecular complexity index is 3100. The van der Waals surface area contributed by atoms with Crippen molar-refractivity contribution in [2.45, 2.75) is 81.6 Å². The number of aliphatic hydroxyl groups excluding tert-OH is 3. The molecule has 0 saturated carbocycles. The zero-order valence-corrected chi connectivity index (χ0v) is 53.5. The minimum absolute atomic E-state index is 0.200. The van der Waals surface area contributed by atoms with Crippen molar-refractivity contribution in [2.24, 2.45) is 0 Å². The first kappa shape index (κ1) is 61.8. The molecule has 0 unspecified atom stereocenters. The molecule has 0 fully saturated rings. The van der Waals surface area contributed by atoms with Crippen molar-refractivity contribution in [1.29, 1.82) is 0 Å². The quantitative estimate of drug-likeness (QED) is 0.0518. The van der Waals surface area contributed by atoms with E-state index in [0.717, 1.165) is 97.8 Å². The van der Waals surface area contributed by atoms with Crippen molar-refractivity contribution in [2.75, 3.05) is 38.3 Å². The Morgan fingerprint density at radius 3 is 0.518 bits per heavy atom. The van der Waals surface area contributed by atoms with Gasteiger partial charge in [-0.15, -0.1) is 0 Å². The molecule has 9 aromatic rings. The van der Waals surface area contributed by atoms with Gasteiger partial charge in [0.25, 0.3) is 0 Å². The summed E-state index contributed by atoms with van der Waals surface area (Å²) in [5, 5.41) is 42.3. The number of hydrogen-bond donors (Lipinski definition) is 3. The molecule has 0 amide bonds. The second kappa shape index (κ2) is 24.7. The number of aryl methyl sites for hydroxylation is 9. The van der Waals surface area contributed by atoms with Crippen LogP contribution in [-0.4, -0.2) is 53.6 Å². The molecule has 83 heavy (non-hydrogen) atoms. The van der Waals surface area contributed by atoms with E-state index in [-0.39, 0.29) is 57.6 Å². The van der Waals surface area contributed by atoms with Crippen molar-refractivity contribution < 1.29 is 32.8 Å². The Labute approximate surface area is 494 Å². The van der Waals surface area contributed by atoms with Crippen molar-refractivity contribution in [1.82, 2.24) is 0 Å². The van der Waals surface area contributed by atoms with E-state index in [0.29, 0.717) is 0 Å². The van der Waals surface area contributed by atoms with Crippen LogP contribution in [0.25, 0.3) is 0 Å². The van der Waals surface area contributed by atoms with Gasteiger partial charge in [0.15, 0.2) is 0 Å². The first-order valence-corrected chi connectivity index (χ1v) is 37.6. The fourth-order valence-corrected chi connectivity index (χ4v) is 42.8. The second-order valence-electron chi connectivity index (χ2n) is 22.8. The molecule has 0 saturated heterocycles. The van der Waals surface area contributed by atoms with Crippen LogP contribution in [0.2, 0.25) is 0 Å². The summed E-state index contributed by atoms with van der Waals surface area (Å²) in [7, 11) is -5.64. The van der Waals surface area contributed by atoms with Crippen LogP contribution in [0, 0.1) is 62.3 Å². The molecule has 0 radical (unpaired) electrons. The van der Waals surface area contributed by atoms with Crippen molar-refractivity contribution >= 4 is 76.1 Å². The van der Waals surface area contributed by atoms with Gasteiger partial charge in [-0.3, -0.25) is 0 Å². The van der Waals surface area contributed by atoms with Crippen LogP contribution in [0.1, 0.15) is 69.3 Å². The summed E-state index contributed by atoms with van der Waals surface area (Å²) in [6, 6.07) is 74.8. The normalized spacial score (nSPS) is 14.3. The molecule has 9 aromatic carbocycles. The Kier molecular flexibility index (Phi) is 18.4. The predicted molar refractivity (Wildman–Crippen MR) is 359 cm³/mol. The van der Waals surface area contributed by atoms with Gasteiger partial charge in [0.1, 0.15) is 0 Å². The summed E-state index contributed by atoms with van der Waals surface area (Å²) < 4.78 is 47.6. The molecule has 0 aromatic heterocycles. The van der Waals surface area contributed by atoms with Gasteiger partial charge in [-0.2, -0.15) is 0 Å². The van der Waals surface area contributed by atoms with Gasteiger partial charge in [-0.1, -0.05) is 0 Å². The topological polar surface area (TPSA) is 105 Å². The SMILES string of the molecule is Cc1ccccc1P(CCCO)(OP(=O)(OP(CCCO)(c1ccccc1C)(c1ccccc1C)c1ccccc1C)OP(CCCO)(c1ccccc1C)(c1ccccc1C)c1ccccc1C)(c1ccccc1C)c1ccccc1C. The van der Waals surface area contributed by atoms with E-state index in [2.05, 4.69) is 172 Å². The van der Waals surface area contributed by atoms with E-state index >= 15 is 4.57 Å². The fourth-order valence-electron chi connectivity index (χ4n) is 14.4. The van der Waals surface area contributed by atoms with Crippen molar-refractivity contribution in [3.63, 3.8) is 0 Å². The van der Waals surface area contributed by atoms with Crippen LogP contribution in [-0.2, 0) is 17.5 Å². The van der Waals surface area contributed by atoms with E-state index < -0.39 is 28.3 Å². The molecule has 0 bridgehead atoms. The van der Waals surface area contributed by atoms with Crippen molar-refractivity contribution in [3.8, 4) is 0 Å². The van der Waals surface area contributed by atoms with Gasteiger partial charge in [-0.25, -0.2) is 0 Å². The predicted octanol–water partition coefficient (Wildman–Crippen LogP) is 13.4. The zero-order valence-electron chi connectivity index (χ0n) is 49.9. The van der Waals surface area contributed by atoms with E-state index in [9.17, 15) is 15.3 Å².